The van der Waals surface area contributed by atoms with Crippen LogP contribution in [0.4, 0.5) is 5.82 Å². The zero-order valence-electron chi connectivity index (χ0n) is 14.6. The first-order valence-electron chi connectivity index (χ1n) is 8.75. The molecule has 1 aromatic carbocycles. The van der Waals surface area contributed by atoms with Crippen molar-refractivity contribution in [2.45, 2.75) is 24.3 Å². The van der Waals surface area contributed by atoms with Crippen LogP contribution < -0.4 is 15.2 Å². The molecule has 1 aliphatic rings. The lowest BCUT2D eigenvalue weighted by molar-refractivity contribution is 0.560. The molecule has 3 aromatic rings. The van der Waals surface area contributed by atoms with Crippen molar-refractivity contribution in [1.29, 1.82) is 0 Å². The standard InChI is InChI=1S/C19H19N3O4S/c23-19-6-3-15-12-16(4-5-17(15)26-19)27(24,25)21-13-14-7-8-20-18(11-14)22-9-1-2-10-22/h3-8,11-12,21H,1-2,9-10,13H2. The Bertz CT molecular complexity index is 1130. The van der Waals surface area contributed by atoms with Gasteiger partial charge in [-0.25, -0.2) is 22.9 Å². The monoisotopic (exact) mass is 385 g/mol. The van der Waals surface area contributed by atoms with Crippen LogP contribution in [0.3, 0.4) is 0 Å². The predicted octanol–water partition coefficient (Wildman–Crippen LogP) is 2.27. The maximum Gasteiger partial charge on any atom is 0.336 e. The van der Waals surface area contributed by atoms with E-state index in [9.17, 15) is 13.2 Å². The fraction of sp³-hybridized carbons (Fsp3) is 0.263. The quantitative estimate of drug-likeness (QED) is 0.678. The third-order valence-electron chi connectivity index (χ3n) is 4.61. The molecule has 1 saturated heterocycles. The maximum atomic E-state index is 12.6. The molecule has 0 radical (unpaired) electrons. The minimum atomic E-state index is -3.70. The van der Waals surface area contributed by atoms with Crippen molar-refractivity contribution in [1.82, 2.24) is 9.71 Å². The van der Waals surface area contributed by atoms with Gasteiger partial charge < -0.3 is 9.32 Å². The SMILES string of the molecule is O=c1ccc2cc(S(=O)(=O)NCc3ccnc(N4CCCC4)c3)ccc2o1. The van der Waals surface area contributed by atoms with Crippen molar-refractivity contribution in [3.05, 3.63) is 64.6 Å². The number of pyridine rings is 1. The van der Waals surface area contributed by atoms with E-state index in [0.29, 0.717) is 11.0 Å². The molecular formula is C19H19N3O4S. The largest absolute Gasteiger partial charge is 0.423 e. The molecule has 140 valence electrons. The summed E-state index contributed by atoms with van der Waals surface area (Å²) in [5.74, 6) is 0.880. The third kappa shape index (κ3) is 3.86. The van der Waals surface area contributed by atoms with Crippen molar-refractivity contribution in [2.75, 3.05) is 18.0 Å². The maximum absolute atomic E-state index is 12.6. The van der Waals surface area contributed by atoms with Crippen LogP contribution >= 0.6 is 0 Å². The zero-order valence-corrected chi connectivity index (χ0v) is 15.4. The van der Waals surface area contributed by atoms with E-state index in [-0.39, 0.29) is 11.4 Å². The molecule has 27 heavy (non-hydrogen) atoms. The highest BCUT2D eigenvalue weighted by atomic mass is 32.2. The summed E-state index contributed by atoms with van der Waals surface area (Å²) in [7, 11) is -3.70. The number of nitrogens with one attached hydrogen (secondary N) is 1. The number of sulfonamides is 1. The van der Waals surface area contributed by atoms with Crippen molar-refractivity contribution in [2.24, 2.45) is 0 Å². The molecule has 4 rings (SSSR count). The lowest BCUT2D eigenvalue weighted by atomic mass is 10.2. The van der Waals surface area contributed by atoms with Gasteiger partial charge in [0.05, 0.1) is 4.90 Å². The molecule has 0 amide bonds. The third-order valence-corrected chi connectivity index (χ3v) is 6.01. The van der Waals surface area contributed by atoms with Gasteiger partial charge in [-0.2, -0.15) is 0 Å². The number of aromatic nitrogens is 1. The minimum Gasteiger partial charge on any atom is -0.423 e. The number of hydrogen-bond donors (Lipinski definition) is 1. The van der Waals surface area contributed by atoms with Gasteiger partial charge in [0.1, 0.15) is 11.4 Å². The lowest BCUT2D eigenvalue weighted by Gasteiger charge is -2.17. The molecule has 7 nitrogen and oxygen atoms in total. The Balaban J connectivity index is 1.52. The minimum absolute atomic E-state index is 0.123. The van der Waals surface area contributed by atoms with Gasteiger partial charge in [0.2, 0.25) is 10.0 Å². The smallest absolute Gasteiger partial charge is 0.336 e. The molecule has 0 atom stereocenters. The second-order valence-electron chi connectivity index (χ2n) is 6.50. The fourth-order valence-electron chi connectivity index (χ4n) is 3.17. The highest BCUT2D eigenvalue weighted by molar-refractivity contribution is 7.89. The Morgan fingerprint density at radius 3 is 2.70 bits per heavy atom. The van der Waals surface area contributed by atoms with Crippen molar-refractivity contribution < 1.29 is 12.8 Å². The molecule has 0 aliphatic carbocycles. The van der Waals surface area contributed by atoms with E-state index in [1.807, 2.05) is 6.07 Å². The molecule has 8 heteroatoms. The van der Waals surface area contributed by atoms with E-state index in [1.54, 1.807) is 18.3 Å². The van der Waals surface area contributed by atoms with Crippen LogP contribution in [0, 0.1) is 0 Å². The summed E-state index contributed by atoms with van der Waals surface area (Å²) in [6.07, 6.45) is 4.01. The van der Waals surface area contributed by atoms with Crippen LogP contribution in [0.5, 0.6) is 0 Å². The van der Waals surface area contributed by atoms with E-state index in [4.69, 9.17) is 4.42 Å². The van der Waals surface area contributed by atoms with Gasteiger partial charge >= 0.3 is 5.63 Å². The summed E-state index contributed by atoms with van der Waals surface area (Å²) < 4.78 is 32.9. The van der Waals surface area contributed by atoms with Crippen LogP contribution in [0.1, 0.15) is 18.4 Å². The summed E-state index contributed by atoms with van der Waals surface area (Å²) >= 11 is 0. The topological polar surface area (TPSA) is 92.5 Å². The van der Waals surface area contributed by atoms with Gasteiger partial charge in [0.15, 0.2) is 0 Å². The van der Waals surface area contributed by atoms with Crippen molar-refractivity contribution in [3.63, 3.8) is 0 Å². The lowest BCUT2D eigenvalue weighted by Crippen LogP contribution is -2.24. The number of nitrogens with zero attached hydrogens (tertiary/aromatic N) is 2. The number of fused-ring (bicyclic) bond motifs is 1. The van der Waals surface area contributed by atoms with Gasteiger partial charge in [-0.3, -0.25) is 0 Å². The van der Waals surface area contributed by atoms with E-state index < -0.39 is 15.6 Å². The molecule has 1 aliphatic heterocycles. The molecule has 0 spiro atoms. The van der Waals surface area contributed by atoms with Crippen LogP contribution in [-0.2, 0) is 16.6 Å². The normalized spacial score (nSPS) is 14.7. The first-order chi connectivity index (χ1) is 13.0. The Morgan fingerprint density at radius 2 is 1.89 bits per heavy atom. The fourth-order valence-corrected chi connectivity index (χ4v) is 4.22. The van der Waals surface area contributed by atoms with Crippen LogP contribution in [0.2, 0.25) is 0 Å². The first-order valence-corrected chi connectivity index (χ1v) is 10.2. The molecule has 0 unspecified atom stereocenters. The Hall–Kier alpha value is -2.71. The summed E-state index contributed by atoms with van der Waals surface area (Å²) in [5, 5.41) is 0.553. The van der Waals surface area contributed by atoms with E-state index in [2.05, 4.69) is 14.6 Å². The van der Waals surface area contributed by atoms with Crippen LogP contribution in [0.15, 0.2) is 62.8 Å². The van der Waals surface area contributed by atoms with Crippen molar-refractivity contribution >= 4 is 26.8 Å². The Morgan fingerprint density at radius 1 is 1.07 bits per heavy atom. The molecular weight excluding hydrogens is 366 g/mol. The number of rotatable bonds is 5. The van der Waals surface area contributed by atoms with Gasteiger partial charge in [-0.15, -0.1) is 0 Å². The van der Waals surface area contributed by atoms with Crippen molar-refractivity contribution in [3.8, 4) is 0 Å². The number of anilines is 1. The Kier molecular flexibility index (Phi) is 4.67. The average Bonchev–Trinajstić information content (AvgIpc) is 3.21. The highest BCUT2D eigenvalue weighted by Crippen LogP contribution is 2.20. The van der Waals surface area contributed by atoms with E-state index >= 15 is 0 Å². The van der Waals surface area contributed by atoms with E-state index in [0.717, 1.165) is 37.3 Å². The van der Waals surface area contributed by atoms with Crippen LogP contribution in [-0.4, -0.2) is 26.5 Å². The molecule has 1 N–H and O–H groups in total. The molecule has 0 bridgehead atoms. The van der Waals surface area contributed by atoms with Gasteiger partial charge in [-0.1, -0.05) is 0 Å². The van der Waals surface area contributed by atoms with Crippen LogP contribution in [0.25, 0.3) is 11.0 Å². The molecule has 1 fully saturated rings. The number of hydrogen-bond acceptors (Lipinski definition) is 6. The van der Waals surface area contributed by atoms with Gasteiger partial charge in [0, 0.05) is 37.3 Å². The second-order valence-corrected chi connectivity index (χ2v) is 8.26. The second kappa shape index (κ2) is 7.13. The molecule has 3 heterocycles. The average molecular weight is 385 g/mol. The highest BCUT2D eigenvalue weighted by Gasteiger charge is 2.16. The van der Waals surface area contributed by atoms with Gasteiger partial charge in [-0.05, 0) is 54.8 Å². The molecule has 2 aromatic heterocycles. The zero-order chi connectivity index (χ0) is 18.9. The summed E-state index contributed by atoms with van der Waals surface area (Å²) in [4.78, 5) is 17.9. The number of benzene rings is 1. The predicted molar refractivity (Wildman–Crippen MR) is 102 cm³/mol. The Labute approximate surface area is 156 Å². The van der Waals surface area contributed by atoms with E-state index in [1.165, 1.54) is 24.3 Å². The molecule has 0 saturated carbocycles. The summed E-state index contributed by atoms with van der Waals surface area (Å²) in [6.45, 7) is 2.14. The van der Waals surface area contributed by atoms with Gasteiger partial charge in [0.25, 0.3) is 0 Å². The summed E-state index contributed by atoms with van der Waals surface area (Å²) in [6, 6.07) is 10.9. The first kappa shape index (κ1) is 17.7. The summed E-state index contributed by atoms with van der Waals surface area (Å²) in [5.41, 5.74) is 0.732.